The first-order chi connectivity index (χ1) is 17.8. The molecule has 10 heteroatoms. The van der Waals surface area contributed by atoms with Crippen molar-refractivity contribution in [3.05, 3.63) is 94.0 Å². The number of halogens is 1. The average molecular weight is 560 g/mol. The summed E-state index contributed by atoms with van der Waals surface area (Å²) >= 11 is 6.00. The van der Waals surface area contributed by atoms with Gasteiger partial charge in [0.1, 0.15) is 5.75 Å². The van der Waals surface area contributed by atoms with E-state index in [2.05, 4.69) is 15.4 Å². The van der Waals surface area contributed by atoms with Gasteiger partial charge in [-0.25, -0.2) is 8.42 Å². The number of hydrogen-bond acceptors (Lipinski definition) is 6. The van der Waals surface area contributed by atoms with E-state index in [4.69, 9.17) is 11.6 Å². The molecule has 0 aromatic heterocycles. The SMILES string of the molecule is CC(C)(Cc1cccc(CC(=O)NCc2cccc(Cl)c2)c1)NC[C@@H](O)c1ccc(O)c(NS(C)(=O)=O)c1. The number of carbonyl (C=O) groups is 1. The minimum atomic E-state index is -3.58. The maximum Gasteiger partial charge on any atom is 0.229 e. The molecule has 204 valence electrons. The monoisotopic (exact) mass is 559 g/mol. The molecule has 1 atom stereocenters. The fraction of sp³-hybridized carbons (Fsp3) is 0.321. The van der Waals surface area contributed by atoms with Crippen molar-refractivity contribution in [3.8, 4) is 5.75 Å². The number of aromatic hydroxyl groups is 1. The van der Waals surface area contributed by atoms with Gasteiger partial charge in [-0.15, -0.1) is 0 Å². The van der Waals surface area contributed by atoms with E-state index in [0.717, 1.165) is 22.9 Å². The second kappa shape index (κ2) is 12.6. The first-order valence-electron chi connectivity index (χ1n) is 12.1. The molecular formula is C28H34ClN3O5S. The molecule has 3 aromatic rings. The van der Waals surface area contributed by atoms with Crippen molar-refractivity contribution in [1.82, 2.24) is 10.6 Å². The summed E-state index contributed by atoms with van der Waals surface area (Å²) in [5.41, 5.74) is 2.96. The summed E-state index contributed by atoms with van der Waals surface area (Å²) in [6, 6.07) is 19.5. The minimum Gasteiger partial charge on any atom is -0.506 e. The van der Waals surface area contributed by atoms with Crippen LogP contribution in [0.15, 0.2) is 66.7 Å². The number of nitrogens with one attached hydrogen (secondary N) is 3. The van der Waals surface area contributed by atoms with Crippen molar-refractivity contribution in [1.29, 1.82) is 0 Å². The summed E-state index contributed by atoms with van der Waals surface area (Å²) in [7, 11) is -3.58. The van der Waals surface area contributed by atoms with Crippen LogP contribution in [0.5, 0.6) is 5.75 Å². The van der Waals surface area contributed by atoms with E-state index < -0.39 is 16.1 Å². The summed E-state index contributed by atoms with van der Waals surface area (Å²) < 4.78 is 25.3. The Balaban J connectivity index is 1.55. The van der Waals surface area contributed by atoms with Crippen LogP contribution in [0, 0.1) is 0 Å². The molecule has 38 heavy (non-hydrogen) atoms. The number of sulfonamides is 1. The largest absolute Gasteiger partial charge is 0.506 e. The lowest BCUT2D eigenvalue weighted by molar-refractivity contribution is -0.120. The number of phenols is 1. The highest BCUT2D eigenvalue weighted by Gasteiger charge is 2.21. The van der Waals surface area contributed by atoms with Gasteiger partial charge in [-0.2, -0.15) is 0 Å². The fourth-order valence-electron chi connectivity index (χ4n) is 4.05. The number of carbonyl (C=O) groups excluding carboxylic acids is 1. The Morgan fingerprint density at radius 1 is 1.00 bits per heavy atom. The molecule has 0 saturated carbocycles. The van der Waals surface area contributed by atoms with Gasteiger partial charge in [0.15, 0.2) is 0 Å². The maximum atomic E-state index is 12.5. The lowest BCUT2D eigenvalue weighted by Crippen LogP contribution is -2.43. The highest BCUT2D eigenvalue weighted by Crippen LogP contribution is 2.28. The van der Waals surface area contributed by atoms with E-state index in [1.807, 2.05) is 56.3 Å². The third-order valence-corrected chi connectivity index (χ3v) is 6.68. The number of hydrogen-bond donors (Lipinski definition) is 5. The van der Waals surface area contributed by atoms with Gasteiger partial charge >= 0.3 is 0 Å². The van der Waals surface area contributed by atoms with Gasteiger partial charge in [0.25, 0.3) is 0 Å². The number of phenolic OH excluding ortho intramolecular Hbond substituents is 1. The second-order valence-electron chi connectivity index (χ2n) is 10.0. The van der Waals surface area contributed by atoms with E-state index in [1.54, 1.807) is 12.1 Å². The zero-order valence-corrected chi connectivity index (χ0v) is 23.2. The number of anilines is 1. The molecule has 0 spiro atoms. The van der Waals surface area contributed by atoms with Gasteiger partial charge < -0.3 is 20.8 Å². The van der Waals surface area contributed by atoms with Gasteiger partial charge in [0.2, 0.25) is 15.9 Å². The van der Waals surface area contributed by atoms with Gasteiger partial charge in [-0.1, -0.05) is 54.1 Å². The van der Waals surface area contributed by atoms with Crippen LogP contribution < -0.4 is 15.4 Å². The van der Waals surface area contributed by atoms with Crippen LogP contribution in [0.4, 0.5) is 5.69 Å². The predicted molar refractivity (Wildman–Crippen MR) is 151 cm³/mol. The standard InChI is InChI=1S/C28H34ClN3O5S/c1-28(2,31-18-26(34)22-10-11-25(33)24(15-22)32-38(3,36)37)16-20-7-4-6-19(12-20)14-27(35)30-17-21-8-5-9-23(29)13-21/h4-13,15,26,31-34H,14,16-18H2,1-3H3,(H,30,35)/t26-/m1/s1. The predicted octanol–water partition coefficient (Wildman–Crippen LogP) is 3.92. The summed E-state index contributed by atoms with van der Waals surface area (Å²) in [4.78, 5) is 12.5. The Kier molecular flexibility index (Phi) is 9.78. The zero-order chi connectivity index (χ0) is 27.9. The number of aliphatic hydroxyl groups is 1. The highest BCUT2D eigenvalue weighted by atomic mass is 35.5. The van der Waals surface area contributed by atoms with Crippen LogP contribution in [-0.2, 0) is 34.2 Å². The molecule has 0 unspecified atom stereocenters. The molecule has 0 saturated heterocycles. The fourth-order valence-corrected chi connectivity index (χ4v) is 4.83. The van der Waals surface area contributed by atoms with E-state index >= 15 is 0 Å². The van der Waals surface area contributed by atoms with Gasteiger partial charge in [0.05, 0.1) is 24.5 Å². The minimum absolute atomic E-state index is 0.0109. The molecular weight excluding hydrogens is 526 g/mol. The summed E-state index contributed by atoms with van der Waals surface area (Å²) in [5, 5.41) is 27.5. The second-order valence-corrected chi connectivity index (χ2v) is 12.2. The first-order valence-corrected chi connectivity index (χ1v) is 14.4. The van der Waals surface area contributed by atoms with Crippen molar-refractivity contribution in [2.24, 2.45) is 0 Å². The molecule has 0 bridgehead atoms. The van der Waals surface area contributed by atoms with Crippen molar-refractivity contribution in [3.63, 3.8) is 0 Å². The molecule has 0 heterocycles. The molecule has 5 N–H and O–H groups in total. The summed E-state index contributed by atoms with van der Waals surface area (Å²) in [6.07, 6.45) is 0.964. The molecule has 3 rings (SSSR count). The Labute approximate surface area is 229 Å². The summed E-state index contributed by atoms with van der Waals surface area (Å²) in [6.45, 7) is 4.64. The van der Waals surface area contributed by atoms with Crippen LogP contribution in [0.3, 0.4) is 0 Å². The Hall–Kier alpha value is -3.11. The summed E-state index contributed by atoms with van der Waals surface area (Å²) in [5.74, 6) is -0.307. The lowest BCUT2D eigenvalue weighted by Gasteiger charge is -2.28. The zero-order valence-electron chi connectivity index (χ0n) is 21.7. The van der Waals surface area contributed by atoms with Gasteiger partial charge in [-0.05, 0) is 66.8 Å². The molecule has 0 aliphatic rings. The van der Waals surface area contributed by atoms with Crippen molar-refractivity contribution in [2.45, 2.75) is 44.9 Å². The van der Waals surface area contributed by atoms with Crippen molar-refractivity contribution < 1.29 is 23.4 Å². The molecule has 3 aromatic carbocycles. The number of aliphatic hydroxyl groups excluding tert-OH is 1. The molecule has 0 aliphatic heterocycles. The van der Waals surface area contributed by atoms with E-state index in [0.29, 0.717) is 23.6 Å². The quantitative estimate of drug-likeness (QED) is 0.214. The third kappa shape index (κ3) is 9.64. The molecule has 8 nitrogen and oxygen atoms in total. The smallest absolute Gasteiger partial charge is 0.229 e. The Morgan fingerprint density at radius 2 is 1.68 bits per heavy atom. The van der Waals surface area contributed by atoms with Crippen molar-refractivity contribution >= 4 is 33.2 Å². The van der Waals surface area contributed by atoms with Crippen LogP contribution in [-0.4, -0.2) is 42.9 Å². The van der Waals surface area contributed by atoms with E-state index in [9.17, 15) is 23.4 Å². The molecule has 0 fully saturated rings. The lowest BCUT2D eigenvalue weighted by atomic mass is 9.93. The highest BCUT2D eigenvalue weighted by molar-refractivity contribution is 7.92. The van der Waals surface area contributed by atoms with Crippen LogP contribution in [0.2, 0.25) is 5.02 Å². The van der Waals surface area contributed by atoms with Crippen LogP contribution in [0.25, 0.3) is 0 Å². The maximum absolute atomic E-state index is 12.5. The number of rotatable bonds is 12. The van der Waals surface area contributed by atoms with Gasteiger partial charge in [-0.3, -0.25) is 9.52 Å². The Bertz CT molecular complexity index is 1380. The van der Waals surface area contributed by atoms with Crippen LogP contribution in [0.1, 0.15) is 42.2 Å². The number of β-amino-alcohol motifs (C(OH)–C–C–N with tert-alkyl or cyclic N) is 1. The normalized spacial score (nSPS) is 12.7. The number of amides is 1. The van der Waals surface area contributed by atoms with Crippen LogP contribution >= 0.6 is 11.6 Å². The topological polar surface area (TPSA) is 128 Å². The van der Waals surface area contributed by atoms with E-state index in [-0.39, 0.29) is 35.8 Å². The van der Waals surface area contributed by atoms with Crippen molar-refractivity contribution in [2.75, 3.05) is 17.5 Å². The van der Waals surface area contributed by atoms with E-state index in [1.165, 1.54) is 12.1 Å². The average Bonchev–Trinajstić information content (AvgIpc) is 2.82. The molecule has 1 amide bonds. The Morgan fingerprint density at radius 3 is 2.39 bits per heavy atom. The third-order valence-electron chi connectivity index (χ3n) is 5.86. The first kappa shape index (κ1) is 29.4. The molecule has 0 aliphatic carbocycles. The molecule has 0 radical (unpaired) electrons. The van der Waals surface area contributed by atoms with Gasteiger partial charge in [0, 0.05) is 23.7 Å². The number of benzene rings is 3.